The molecule has 6 aromatic rings. The summed E-state index contributed by atoms with van der Waals surface area (Å²) < 4.78 is 3.46. The third kappa shape index (κ3) is 4.24. The Morgan fingerprint density at radius 3 is 2.00 bits per heavy atom. The fourth-order valence-electron chi connectivity index (χ4n) is 3.22. The Hall–Kier alpha value is -3.79. The van der Waals surface area contributed by atoms with Crippen LogP contribution in [0.15, 0.2) is 78.4 Å². The summed E-state index contributed by atoms with van der Waals surface area (Å²) in [5.74, 6) is 0.973. The summed E-state index contributed by atoms with van der Waals surface area (Å²) in [6.07, 6.45) is 9.86. The average molecular weight is 512 g/mol. The maximum Gasteiger partial charge on any atom is 0.269 e. The highest BCUT2D eigenvalue weighted by molar-refractivity contribution is 6.41. The Kier molecular flexibility index (Phi) is 5.97. The highest BCUT2D eigenvalue weighted by Gasteiger charge is 2.11. The highest BCUT2D eigenvalue weighted by atomic mass is 35.5. The van der Waals surface area contributed by atoms with Gasteiger partial charge in [-0.05, 0) is 24.3 Å². The lowest BCUT2D eigenvalue weighted by Gasteiger charge is -1.99. The lowest BCUT2D eigenvalue weighted by molar-refractivity contribution is 0.961. The van der Waals surface area contributed by atoms with Crippen LogP contribution < -0.4 is 5.56 Å². The molecule has 0 unspecified atom stereocenters. The van der Waals surface area contributed by atoms with Gasteiger partial charge >= 0.3 is 0 Å². The van der Waals surface area contributed by atoms with Gasteiger partial charge in [0.15, 0.2) is 11.0 Å². The predicted molar refractivity (Wildman–Crippen MR) is 130 cm³/mol. The largest absolute Gasteiger partial charge is 0.305 e. The molecule has 0 radical (unpaired) electrons. The van der Waals surface area contributed by atoms with Crippen molar-refractivity contribution in [3.05, 3.63) is 99.1 Å². The van der Waals surface area contributed by atoms with E-state index in [1.165, 1.54) is 12.4 Å². The molecule has 168 valence electrons. The molecule has 0 aliphatic carbocycles. The van der Waals surface area contributed by atoms with E-state index in [1.807, 2.05) is 48.8 Å². The standard InChI is InChI=1S/C11H6Cl2N4.C11H7ClN4O/c12-8-6-14-11(16-10(8)13)7-5-15-17-4-2-1-3-9(7)17;12-8-6-13-10(15-11(8)17)7-5-14-16-4-2-1-3-9(7)16/h1-6H;1-6H,(H,13,15,17). The molecule has 0 amide bonds. The van der Waals surface area contributed by atoms with E-state index in [0.717, 1.165) is 22.2 Å². The predicted octanol–water partition coefficient (Wildman–Crippen LogP) is 4.84. The molecule has 6 aromatic heterocycles. The number of rotatable bonds is 2. The van der Waals surface area contributed by atoms with Gasteiger partial charge in [0.05, 0.1) is 52.0 Å². The first kappa shape index (κ1) is 22.0. The molecule has 1 N–H and O–H groups in total. The first-order valence-electron chi connectivity index (χ1n) is 9.79. The smallest absolute Gasteiger partial charge is 0.269 e. The van der Waals surface area contributed by atoms with E-state index in [2.05, 4.69) is 30.1 Å². The van der Waals surface area contributed by atoms with E-state index in [9.17, 15) is 4.79 Å². The van der Waals surface area contributed by atoms with Crippen LogP contribution in [0.1, 0.15) is 0 Å². The quantitative estimate of drug-likeness (QED) is 0.334. The molecule has 0 spiro atoms. The van der Waals surface area contributed by atoms with Gasteiger partial charge in [0.1, 0.15) is 10.8 Å². The number of pyridine rings is 2. The number of nitrogens with zero attached hydrogens (tertiary/aromatic N) is 7. The fraction of sp³-hybridized carbons (Fsp3) is 0. The highest BCUT2D eigenvalue weighted by Crippen LogP contribution is 2.25. The van der Waals surface area contributed by atoms with E-state index >= 15 is 0 Å². The molecular formula is C22H13Cl3N8O. The van der Waals surface area contributed by atoms with E-state index in [-0.39, 0.29) is 15.7 Å². The van der Waals surface area contributed by atoms with Gasteiger partial charge in [0.25, 0.3) is 5.56 Å². The third-order valence-electron chi connectivity index (χ3n) is 4.81. The molecule has 0 saturated heterocycles. The molecule has 12 heteroatoms. The summed E-state index contributed by atoms with van der Waals surface area (Å²) >= 11 is 17.3. The van der Waals surface area contributed by atoms with Crippen LogP contribution in [0.5, 0.6) is 0 Å². The van der Waals surface area contributed by atoms with Crippen molar-refractivity contribution in [1.82, 2.24) is 39.2 Å². The normalized spacial score (nSPS) is 10.9. The summed E-state index contributed by atoms with van der Waals surface area (Å²) in [4.78, 5) is 26.4. The second kappa shape index (κ2) is 9.22. The molecule has 34 heavy (non-hydrogen) atoms. The van der Waals surface area contributed by atoms with Crippen LogP contribution in [0.2, 0.25) is 15.2 Å². The fourth-order valence-corrected chi connectivity index (χ4v) is 3.53. The molecular weight excluding hydrogens is 499 g/mol. The Labute approximate surface area is 206 Å². The van der Waals surface area contributed by atoms with Crippen molar-refractivity contribution in [2.75, 3.05) is 0 Å². The second-order valence-corrected chi connectivity index (χ2v) is 8.09. The summed E-state index contributed by atoms with van der Waals surface area (Å²) in [5, 5.41) is 9.03. The van der Waals surface area contributed by atoms with Gasteiger partial charge < -0.3 is 4.98 Å². The van der Waals surface area contributed by atoms with Gasteiger partial charge in [-0.1, -0.05) is 46.9 Å². The van der Waals surface area contributed by atoms with Crippen LogP contribution in [-0.2, 0) is 0 Å². The van der Waals surface area contributed by atoms with Gasteiger partial charge in [0.2, 0.25) is 0 Å². The molecule has 0 aromatic carbocycles. The van der Waals surface area contributed by atoms with Crippen LogP contribution in [-0.4, -0.2) is 39.2 Å². The van der Waals surface area contributed by atoms with Gasteiger partial charge in [0, 0.05) is 12.4 Å². The first-order chi connectivity index (χ1) is 16.5. The minimum Gasteiger partial charge on any atom is -0.305 e. The number of aromatic nitrogens is 8. The summed E-state index contributed by atoms with van der Waals surface area (Å²) in [7, 11) is 0. The SMILES string of the molecule is Clc1cnc(-c2cnn3ccccc23)nc1Cl.O=c1[nH]c(-c2cnn3ccccc23)ncc1Cl. The zero-order valence-electron chi connectivity index (χ0n) is 17.1. The van der Waals surface area contributed by atoms with Crippen LogP contribution >= 0.6 is 34.8 Å². The number of nitrogens with one attached hydrogen (secondary N) is 1. The van der Waals surface area contributed by atoms with E-state index in [1.54, 1.807) is 21.4 Å². The zero-order valence-corrected chi connectivity index (χ0v) is 19.4. The molecule has 6 heterocycles. The minimum atomic E-state index is -0.355. The van der Waals surface area contributed by atoms with Crippen LogP contribution in [0, 0.1) is 0 Å². The lowest BCUT2D eigenvalue weighted by Crippen LogP contribution is -2.08. The average Bonchev–Trinajstić information content (AvgIpc) is 3.48. The van der Waals surface area contributed by atoms with Crippen molar-refractivity contribution in [3.8, 4) is 22.8 Å². The molecule has 0 aliphatic rings. The first-order valence-corrected chi connectivity index (χ1v) is 10.9. The minimum absolute atomic E-state index is 0.0743. The number of hydrogen-bond donors (Lipinski definition) is 1. The van der Waals surface area contributed by atoms with Crippen LogP contribution in [0.25, 0.3) is 33.8 Å². The van der Waals surface area contributed by atoms with Crippen molar-refractivity contribution < 1.29 is 0 Å². The van der Waals surface area contributed by atoms with Crippen LogP contribution in [0.3, 0.4) is 0 Å². The molecule has 0 saturated carbocycles. The Morgan fingerprint density at radius 2 is 1.35 bits per heavy atom. The maximum atomic E-state index is 11.4. The van der Waals surface area contributed by atoms with E-state index < -0.39 is 0 Å². The van der Waals surface area contributed by atoms with Crippen molar-refractivity contribution in [2.24, 2.45) is 0 Å². The van der Waals surface area contributed by atoms with Crippen molar-refractivity contribution in [3.63, 3.8) is 0 Å². The Balaban J connectivity index is 0.000000142. The third-order valence-corrected chi connectivity index (χ3v) is 5.74. The number of H-pyrrole nitrogens is 1. The summed E-state index contributed by atoms with van der Waals surface area (Å²) in [6, 6.07) is 11.4. The molecule has 0 aliphatic heterocycles. The second-order valence-electron chi connectivity index (χ2n) is 6.92. The maximum absolute atomic E-state index is 11.4. The van der Waals surface area contributed by atoms with E-state index in [4.69, 9.17) is 34.8 Å². The molecule has 9 nitrogen and oxygen atoms in total. The molecule has 0 atom stereocenters. The van der Waals surface area contributed by atoms with Gasteiger partial charge in [-0.2, -0.15) is 10.2 Å². The topological polar surface area (TPSA) is 106 Å². The molecule has 6 rings (SSSR count). The number of fused-ring (bicyclic) bond motifs is 2. The van der Waals surface area contributed by atoms with Crippen molar-refractivity contribution in [2.45, 2.75) is 0 Å². The summed E-state index contributed by atoms with van der Waals surface area (Å²) in [6.45, 7) is 0. The monoisotopic (exact) mass is 510 g/mol. The number of halogens is 3. The van der Waals surface area contributed by atoms with Gasteiger partial charge in [-0.15, -0.1) is 0 Å². The van der Waals surface area contributed by atoms with Crippen molar-refractivity contribution in [1.29, 1.82) is 0 Å². The van der Waals surface area contributed by atoms with Crippen LogP contribution in [0.4, 0.5) is 0 Å². The Morgan fingerprint density at radius 1 is 0.735 bits per heavy atom. The van der Waals surface area contributed by atoms with Gasteiger partial charge in [-0.3, -0.25) is 4.79 Å². The van der Waals surface area contributed by atoms with Gasteiger partial charge in [-0.25, -0.2) is 24.0 Å². The number of hydrogen-bond acceptors (Lipinski definition) is 6. The molecule has 0 fully saturated rings. The number of aromatic amines is 1. The van der Waals surface area contributed by atoms with E-state index in [0.29, 0.717) is 16.7 Å². The van der Waals surface area contributed by atoms with Crippen molar-refractivity contribution >= 4 is 45.8 Å². The Bertz CT molecular complexity index is 1690. The zero-order chi connectivity index (χ0) is 23.7. The molecule has 0 bridgehead atoms. The summed E-state index contributed by atoms with van der Waals surface area (Å²) in [5.41, 5.74) is 3.03. The lowest BCUT2D eigenvalue weighted by atomic mass is 10.2.